The van der Waals surface area contributed by atoms with Crippen LogP contribution in [0.5, 0.6) is 11.6 Å². The molecule has 150 valence electrons. The van der Waals surface area contributed by atoms with E-state index in [-0.39, 0.29) is 5.82 Å². The van der Waals surface area contributed by atoms with Crippen LogP contribution in [0.15, 0.2) is 59.2 Å². The third kappa shape index (κ3) is 5.00. The fraction of sp³-hybridized carbons (Fsp3) is 0.250. The van der Waals surface area contributed by atoms with Gasteiger partial charge in [0.25, 0.3) is 0 Å². The number of anilines is 1. The number of nitrogens with two attached hydrogens (primary N) is 1. The zero-order valence-electron chi connectivity index (χ0n) is 15.7. The molecule has 2 N–H and O–H groups in total. The zero-order valence-corrected chi connectivity index (χ0v) is 16.6. The summed E-state index contributed by atoms with van der Waals surface area (Å²) in [5.74, 6) is 0.985. The lowest BCUT2D eigenvalue weighted by Crippen LogP contribution is -2.51. The molecule has 0 atom stereocenters. The minimum absolute atomic E-state index is 0.351. The van der Waals surface area contributed by atoms with Crippen molar-refractivity contribution >= 4 is 22.4 Å². The van der Waals surface area contributed by atoms with E-state index >= 15 is 0 Å². The second-order valence-electron chi connectivity index (χ2n) is 6.53. The molecule has 2 aromatic heterocycles. The predicted molar refractivity (Wildman–Crippen MR) is 112 cm³/mol. The Morgan fingerprint density at radius 3 is 2.72 bits per heavy atom. The van der Waals surface area contributed by atoms with Crippen LogP contribution in [0.3, 0.4) is 0 Å². The molecule has 3 aromatic rings. The Bertz CT molecular complexity index is 955. The number of ether oxygens (including phenoxy) is 1. The molecule has 0 bridgehead atoms. The first-order chi connectivity index (χ1) is 14.2. The maximum absolute atomic E-state index is 13.2. The van der Waals surface area contributed by atoms with Gasteiger partial charge in [-0.2, -0.15) is 0 Å². The Morgan fingerprint density at radius 2 is 2.03 bits per heavy atom. The highest BCUT2D eigenvalue weighted by Crippen LogP contribution is 2.21. The molecule has 3 heterocycles. The summed E-state index contributed by atoms with van der Waals surface area (Å²) in [6, 6.07) is 9.56. The SMILES string of the molecule is NC(=NCc1ccc(Oc2cccc(F)c2)nc1)N1CCN(c2nccs2)CC1. The fourth-order valence-electron chi connectivity index (χ4n) is 2.99. The highest BCUT2D eigenvalue weighted by atomic mass is 32.1. The Hall–Kier alpha value is -3.20. The average Bonchev–Trinajstić information content (AvgIpc) is 3.28. The summed E-state index contributed by atoms with van der Waals surface area (Å²) in [5.41, 5.74) is 7.09. The van der Waals surface area contributed by atoms with Crippen molar-refractivity contribution < 1.29 is 9.13 Å². The summed E-state index contributed by atoms with van der Waals surface area (Å²) in [5, 5.41) is 3.03. The number of halogens is 1. The molecular weight excluding hydrogens is 391 g/mol. The van der Waals surface area contributed by atoms with Crippen molar-refractivity contribution in [2.75, 3.05) is 31.1 Å². The van der Waals surface area contributed by atoms with E-state index in [0.29, 0.717) is 24.1 Å². The van der Waals surface area contributed by atoms with Crippen LogP contribution in [0.25, 0.3) is 0 Å². The number of piperazine rings is 1. The Morgan fingerprint density at radius 1 is 1.17 bits per heavy atom. The van der Waals surface area contributed by atoms with Crippen LogP contribution in [0.4, 0.5) is 9.52 Å². The summed E-state index contributed by atoms with van der Waals surface area (Å²) in [6.07, 6.45) is 3.51. The Labute approximate surface area is 172 Å². The number of thiazole rings is 1. The van der Waals surface area contributed by atoms with Gasteiger partial charge in [-0.15, -0.1) is 11.3 Å². The molecule has 29 heavy (non-hydrogen) atoms. The van der Waals surface area contributed by atoms with Gasteiger partial charge >= 0.3 is 0 Å². The lowest BCUT2D eigenvalue weighted by molar-refractivity contribution is 0.380. The first-order valence-corrected chi connectivity index (χ1v) is 10.1. The molecule has 0 radical (unpaired) electrons. The van der Waals surface area contributed by atoms with Crippen LogP contribution >= 0.6 is 11.3 Å². The Balaban J connectivity index is 1.29. The standard InChI is InChI=1S/C20H21FN6OS/c21-16-2-1-3-17(12-16)28-18-5-4-15(13-24-18)14-25-19(22)26-7-9-27(10-8-26)20-23-6-11-29-20/h1-6,11-13H,7-10,14H2,(H2,22,25). The predicted octanol–water partition coefficient (Wildman–Crippen LogP) is 3.11. The van der Waals surface area contributed by atoms with E-state index in [1.807, 2.05) is 17.6 Å². The number of hydrogen-bond donors (Lipinski definition) is 1. The molecule has 0 amide bonds. The van der Waals surface area contributed by atoms with Crippen molar-refractivity contribution in [3.8, 4) is 11.6 Å². The van der Waals surface area contributed by atoms with E-state index in [0.717, 1.165) is 36.9 Å². The number of benzene rings is 1. The van der Waals surface area contributed by atoms with Gasteiger partial charge < -0.3 is 20.3 Å². The van der Waals surface area contributed by atoms with Crippen LogP contribution in [-0.4, -0.2) is 47.0 Å². The molecule has 0 saturated carbocycles. The number of aromatic nitrogens is 2. The van der Waals surface area contributed by atoms with E-state index in [1.165, 1.54) is 12.1 Å². The molecule has 1 aliphatic rings. The van der Waals surface area contributed by atoms with Crippen LogP contribution in [0, 0.1) is 5.82 Å². The molecule has 9 heteroatoms. The zero-order chi connectivity index (χ0) is 20.1. The summed E-state index contributed by atoms with van der Waals surface area (Å²) in [4.78, 5) is 17.4. The smallest absolute Gasteiger partial charge is 0.219 e. The highest BCUT2D eigenvalue weighted by Gasteiger charge is 2.19. The molecule has 1 aromatic carbocycles. The molecule has 7 nitrogen and oxygen atoms in total. The second-order valence-corrected chi connectivity index (χ2v) is 7.40. The van der Waals surface area contributed by atoms with Crippen molar-refractivity contribution in [3.05, 3.63) is 65.6 Å². The highest BCUT2D eigenvalue weighted by molar-refractivity contribution is 7.13. The molecular formula is C20H21FN6OS. The van der Waals surface area contributed by atoms with E-state index in [2.05, 4.69) is 24.8 Å². The summed E-state index contributed by atoms with van der Waals surface area (Å²) < 4.78 is 18.8. The van der Waals surface area contributed by atoms with Gasteiger partial charge in [0.05, 0.1) is 6.54 Å². The van der Waals surface area contributed by atoms with Crippen molar-refractivity contribution in [2.45, 2.75) is 6.54 Å². The van der Waals surface area contributed by atoms with Crippen molar-refractivity contribution in [1.29, 1.82) is 0 Å². The van der Waals surface area contributed by atoms with Gasteiger partial charge in [0.1, 0.15) is 11.6 Å². The van der Waals surface area contributed by atoms with Crippen LogP contribution < -0.4 is 15.4 Å². The number of rotatable bonds is 5. The number of hydrogen-bond acceptors (Lipinski definition) is 6. The number of guanidine groups is 1. The molecule has 0 spiro atoms. The molecule has 0 unspecified atom stereocenters. The van der Waals surface area contributed by atoms with Crippen molar-refractivity contribution in [2.24, 2.45) is 10.7 Å². The van der Waals surface area contributed by atoms with Gasteiger partial charge in [-0.05, 0) is 17.7 Å². The van der Waals surface area contributed by atoms with Gasteiger partial charge in [-0.25, -0.2) is 19.4 Å². The van der Waals surface area contributed by atoms with E-state index < -0.39 is 0 Å². The van der Waals surface area contributed by atoms with Crippen molar-refractivity contribution in [3.63, 3.8) is 0 Å². The van der Waals surface area contributed by atoms with E-state index in [9.17, 15) is 4.39 Å². The number of nitrogens with zero attached hydrogens (tertiary/aromatic N) is 5. The molecule has 1 saturated heterocycles. The molecule has 0 aliphatic carbocycles. The quantitative estimate of drug-likeness (QED) is 0.512. The minimum Gasteiger partial charge on any atom is -0.439 e. The third-order valence-corrected chi connectivity index (χ3v) is 5.37. The summed E-state index contributed by atoms with van der Waals surface area (Å²) in [6.45, 7) is 3.81. The minimum atomic E-state index is -0.351. The molecule has 4 rings (SSSR count). The fourth-order valence-corrected chi connectivity index (χ4v) is 3.68. The first kappa shape index (κ1) is 19.1. The van der Waals surface area contributed by atoms with E-state index in [1.54, 1.807) is 35.7 Å². The van der Waals surface area contributed by atoms with Crippen LogP contribution in [-0.2, 0) is 6.54 Å². The number of aliphatic imine (C=N–C) groups is 1. The van der Waals surface area contributed by atoms with Crippen LogP contribution in [0.1, 0.15) is 5.56 Å². The second kappa shape index (κ2) is 8.87. The topological polar surface area (TPSA) is 79.9 Å². The van der Waals surface area contributed by atoms with E-state index in [4.69, 9.17) is 10.5 Å². The van der Waals surface area contributed by atoms with Gasteiger partial charge in [-0.3, -0.25) is 0 Å². The lowest BCUT2D eigenvalue weighted by atomic mass is 10.3. The molecule has 1 aliphatic heterocycles. The first-order valence-electron chi connectivity index (χ1n) is 9.25. The van der Waals surface area contributed by atoms with Gasteiger partial charge in [0.2, 0.25) is 5.88 Å². The normalized spacial score (nSPS) is 14.9. The lowest BCUT2D eigenvalue weighted by Gasteiger charge is -2.35. The van der Waals surface area contributed by atoms with Gasteiger partial charge in [0, 0.05) is 56.1 Å². The number of pyridine rings is 1. The molecule has 1 fully saturated rings. The maximum Gasteiger partial charge on any atom is 0.219 e. The van der Waals surface area contributed by atoms with Crippen molar-refractivity contribution in [1.82, 2.24) is 14.9 Å². The third-order valence-electron chi connectivity index (χ3n) is 4.53. The van der Waals surface area contributed by atoms with Crippen LogP contribution in [0.2, 0.25) is 0 Å². The monoisotopic (exact) mass is 412 g/mol. The summed E-state index contributed by atoms with van der Waals surface area (Å²) >= 11 is 1.65. The van der Waals surface area contributed by atoms with Gasteiger partial charge in [-0.1, -0.05) is 12.1 Å². The largest absolute Gasteiger partial charge is 0.439 e. The summed E-state index contributed by atoms with van der Waals surface area (Å²) in [7, 11) is 0. The Kier molecular flexibility index (Phi) is 5.85. The maximum atomic E-state index is 13.2. The van der Waals surface area contributed by atoms with Gasteiger partial charge in [0.15, 0.2) is 11.1 Å². The average molecular weight is 412 g/mol.